The van der Waals surface area contributed by atoms with Crippen molar-refractivity contribution in [3.8, 4) is 0 Å². The van der Waals surface area contributed by atoms with Crippen LogP contribution in [0.25, 0.3) is 0 Å². The van der Waals surface area contributed by atoms with Gasteiger partial charge in [0.2, 0.25) is 0 Å². The fraction of sp³-hybridized carbons (Fsp3) is 0.105. The van der Waals surface area contributed by atoms with Crippen molar-refractivity contribution < 1.29 is 9.21 Å². The molecule has 0 unspecified atom stereocenters. The molecular weight excluding hydrogens is 366 g/mol. The van der Waals surface area contributed by atoms with Crippen molar-refractivity contribution in [1.29, 1.82) is 0 Å². The zero-order chi connectivity index (χ0) is 18.6. The predicted octanol–water partition coefficient (Wildman–Crippen LogP) is 3.67. The first-order chi connectivity index (χ1) is 13.2. The molecule has 4 rings (SSSR count). The van der Waals surface area contributed by atoms with Gasteiger partial charge in [-0.1, -0.05) is 29.8 Å². The zero-order valence-corrected chi connectivity index (χ0v) is 15.0. The number of carbonyl (C=O) groups is 1. The Kier molecular flexibility index (Phi) is 4.76. The highest BCUT2D eigenvalue weighted by atomic mass is 35.5. The number of aromatic nitrogens is 4. The van der Waals surface area contributed by atoms with Gasteiger partial charge in [0, 0.05) is 23.6 Å². The maximum atomic E-state index is 12.4. The number of hydrogen-bond donors (Lipinski definition) is 1. The molecule has 0 fully saturated rings. The molecular formula is C19H16ClN5O2. The van der Waals surface area contributed by atoms with Gasteiger partial charge in [-0.15, -0.1) is 0 Å². The summed E-state index contributed by atoms with van der Waals surface area (Å²) in [5.74, 6) is 0.549. The molecule has 0 bridgehead atoms. The molecule has 4 aromatic rings. The first kappa shape index (κ1) is 17.1. The van der Waals surface area contributed by atoms with Crippen molar-refractivity contribution in [2.75, 3.05) is 5.32 Å². The van der Waals surface area contributed by atoms with Gasteiger partial charge in [0.25, 0.3) is 5.91 Å². The SMILES string of the molecule is O=C(Nc1cnn(Cc2ccccc2Cl)c1)c1ccc(Cn2cccn2)o1. The number of hydrogen-bond acceptors (Lipinski definition) is 4. The summed E-state index contributed by atoms with van der Waals surface area (Å²) in [6.07, 6.45) is 6.85. The molecule has 0 saturated heterocycles. The maximum absolute atomic E-state index is 12.4. The molecule has 0 aliphatic heterocycles. The molecule has 27 heavy (non-hydrogen) atoms. The number of amides is 1. The van der Waals surface area contributed by atoms with Crippen LogP contribution in [0.2, 0.25) is 5.02 Å². The highest BCUT2D eigenvalue weighted by molar-refractivity contribution is 6.31. The molecule has 0 aliphatic carbocycles. The second-order valence-corrected chi connectivity index (χ2v) is 6.35. The summed E-state index contributed by atoms with van der Waals surface area (Å²) in [7, 11) is 0. The molecule has 0 aliphatic rings. The molecule has 8 heteroatoms. The van der Waals surface area contributed by atoms with E-state index >= 15 is 0 Å². The van der Waals surface area contributed by atoms with Crippen molar-refractivity contribution in [1.82, 2.24) is 19.6 Å². The Morgan fingerprint density at radius 3 is 2.78 bits per heavy atom. The van der Waals surface area contributed by atoms with Gasteiger partial charge >= 0.3 is 0 Å². The molecule has 0 spiro atoms. The first-order valence-electron chi connectivity index (χ1n) is 8.31. The van der Waals surface area contributed by atoms with Crippen molar-refractivity contribution in [2.24, 2.45) is 0 Å². The van der Waals surface area contributed by atoms with E-state index in [9.17, 15) is 4.79 Å². The van der Waals surface area contributed by atoms with E-state index in [1.165, 1.54) is 0 Å². The Morgan fingerprint density at radius 1 is 1.07 bits per heavy atom. The van der Waals surface area contributed by atoms with E-state index in [-0.39, 0.29) is 11.7 Å². The zero-order valence-electron chi connectivity index (χ0n) is 14.2. The van der Waals surface area contributed by atoms with Gasteiger partial charge < -0.3 is 9.73 Å². The van der Waals surface area contributed by atoms with E-state index in [1.54, 1.807) is 40.1 Å². The highest BCUT2D eigenvalue weighted by Gasteiger charge is 2.13. The van der Waals surface area contributed by atoms with E-state index in [0.29, 0.717) is 29.6 Å². The van der Waals surface area contributed by atoms with Gasteiger partial charge in [-0.2, -0.15) is 10.2 Å². The first-order valence-corrected chi connectivity index (χ1v) is 8.68. The third-order valence-electron chi connectivity index (χ3n) is 3.94. The number of anilines is 1. The number of rotatable bonds is 6. The Hall–Kier alpha value is -3.32. The van der Waals surface area contributed by atoms with Crippen LogP contribution in [0.4, 0.5) is 5.69 Å². The lowest BCUT2D eigenvalue weighted by molar-refractivity contribution is 0.0994. The quantitative estimate of drug-likeness (QED) is 0.552. The Bertz CT molecular complexity index is 1050. The summed E-state index contributed by atoms with van der Waals surface area (Å²) in [5.41, 5.74) is 1.53. The average molecular weight is 382 g/mol. The van der Waals surface area contributed by atoms with Crippen LogP contribution in [0.5, 0.6) is 0 Å². The normalized spacial score (nSPS) is 10.9. The van der Waals surface area contributed by atoms with Gasteiger partial charge in [0.05, 0.1) is 25.0 Å². The minimum absolute atomic E-state index is 0.232. The van der Waals surface area contributed by atoms with Crippen LogP contribution in [0, 0.1) is 0 Å². The molecule has 0 saturated carbocycles. The Morgan fingerprint density at radius 2 is 1.96 bits per heavy atom. The number of benzene rings is 1. The summed E-state index contributed by atoms with van der Waals surface area (Å²) in [6.45, 7) is 0.986. The summed E-state index contributed by atoms with van der Waals surface area (Å²) in [6, 6.07) is 12.8. The lowest BCUT2D eigenvalue weighted by Crippen LogP contribution is -2.10. The van der Waals surface area contributed by atoms with Crippen LogP contribution in [0.1, 0.15) is 21.9 Å². The number of carbonyl (C=O) groups excluding carboxylic acids is 1. The smallest absolute Gasteiger partial charge is 0.291 e. The molecule has 1 aromatic carbocycles. The number of furan rings is 1. The van der Waals surface area contributed by atoms with E-state index < -0.39 is 0 Å². The minimum atomic E-state index is -0.334. The van der Waals surface area contributed by atoms with Crippen LogP contribution in [0.3, 0.4) is 0 Å². The van der Waals surface area contributed by atoms with Crippen molar-refractivity contribution in [3.63, 3.8) is 0 Å². The van der Waals surface area contributed by atoms with Crippen LogP contribution in [0.15, 0.2) is 71.7 Å². The predicted molar refractivity (Wildman–Crippen MR) is 101 cm³/mol. The number of halogens is 1. The van der Waals surface area contributed by atoms with E-state index in [2.05, 4.69) is 15.5 Å². The third-order valence-corrected chi connectivity index (χ3v) is 4.31. The van der Waals surface area contributed by atoms with E-state index in [1.807, 2.05) is 36.5 Å². The lowest BCUT2D eigenvalue weighted by atomic mass is 10.2. The Labute approximate surface area is 160 Å². The van der Waals surface area contributed by atoms with Crippen LogP contribution < -0.4 is 5.32 Å². The largest absolute Gasteiger partial charge is 0.454 e. The highest BCUT2D eigenvalue weighted by Crippen LogP contribution is 2.17. The molecule has 136 valence electrons. The fourth-order valence-corrected chi connectivity index (χ4v) is 2.84. The van der Waals surface area contributed by atoms with Crippen LogP contribution >= 0.6 is 11.6 Å². The molecule has 3 heterocycles. The Balaban J connectivity index is 1.39. The standard InChI is InChI=1S/C19H16ClN5O2/c20-17-5-2-1-4-14(17)11-25-12-15(10-22-25)23-19(26)18-7-6-16(27-18)13-24-9-3-8-21-24/h1-10,12H,11,13H2,(H,23,26). The second-order valence-electron chi connectivity index (χ2n) is 5.94. The van der Waals surface area contributed by atoms with Crippen molar-refractivity contribution in [2.45, 2.75) is 13.1 Å². The van der Waals surface area contributed by atoms with E-state index in [0.717, 1.165) is 5.56 Å². The van der Waals surface area contributed by atoms with E-state index in [4.69, 9.17) is 16.0 Å². The van der Waals surface area contributed by atoms with Gasteiger partial charge in [-0.05, 0) is 29.8 Å². The lowest BCUT2D eigenvalue weighted by Gasteiger charge is -2.04. The molecule has 1 amide bonds. The molecule has 0 radical (unpaired) electrons. The topological polar surface area (TPSA) is 77.9 Å². The van der Waals surface area contributed by atoms with Crippen molar-refractivity contribution in [3.05, 3.63) is 89.4 Å². The maximum Gasteiger partial charge on any atom is 0.291 e. The summed E-state index contributed by atoms with van der Waals surface area (Å²) in [4.78, 5) is 12.4. The summed E-state index contributed by atoms with van der Waals surface area (Å²) in [5, 5.41) is 11.8. The fourth-order valence-electron chi connectivity index (χ4n) is 2.65. The molecule has 7 nitrogen and oxygen atoms in total. The summed E-state index contributed by atoms with van der Waals surface area (Å²) >= 11 is 6.17. The minimum Gasteiger partial charge on any atom is -0.454 e. The molecule has 1 N–H and O–H groups in total. The van der Waals surface area contributed by atoms with Gasteiger partial charge in [-0.25, -0.2) is 0 Å². The van der Waals surface area contributed by atoms with Crippen molar-refractivity contribution >= 4 is 23.2 Å². The number of nitrogens with zero attached hydrogens (tertiary/aromatic N) is 4. The number of nitrogens with one attached hydrogen (secondary N) is 1. The summed E-state index contributed by atoms with van der Waals surface area (Å²) < 4.78 is 9.02. The molecule has 0 atom stereocenters. The molecule has 3 aromatic heterocycles. The van der Waals surface area contributed by atoms with Gasteiger partial charge in [0.15, 0.2) is 5.76 Å². The van der Waals surface area contributed by atoms with Gasteiger partial charge in [0.1, 0.15) is 5.76 Å². The van der Waals surface area contributed by atoms with Crippen LogP contribution in [-0.4, -0.2) is 25.5 Å². The van der Waals surface area contributed by atoms with Crippen LogP contribution in [-0.2, 0) is 13.1 Å². The second kappa shape index (κ2) is 7.51. The third kappa shape index (κ3) is 4.09. The average Bonchev–Trinajstić information content (AvgIpc) is 3.40. The van der Waals surface area contributed by atoms with Gasteiger partial charge in [-0.3, -0.25) is 14.2 Å². The monoisotopic (exact) mass is 381 g/mol.